The van der Waals surface area contributed by atoms with Crippen molar-refractivity contribution in [2.24, 2.45) is 0 Å². The molecule has 2 rings (SSSR count). The quantitative estimate of drug-likeness (QED) is 0.0313. The minimum absolute atomic E-state index is 0.205. The van der Waals surface area contributed by atoms with E-state index in [0.717, 1.165) is 51.4 Å². The van der Waals surface area contributed by atoms with Gasteiger partial charge in [0.15, 0.2) is 12.6 Å². The first-order valence-electron chi connectivity index (χ1n) is 25.3. The second-order valence-corrected chi connectivity index (χ2v) is 18.3. The highest BCUT2D eigenvalue weighted by molar-refractivity contribution is 5.76. The fourth-order valence-corrected chi connectivity index (χ4v) is 8.65. The highest BCUT2D eigenvalue weighted by Gasteiger charge is 2.51. The molecule has 1 amide bonds. The van der Waals surface area contributed by atoms with Crippen LogP contribution in [0, 0.1) is 0 Å². The molecule has 2 saturated heterocycles. The fourth-order valence-electron chi connectivity index (χ4n) is 8.65. The predicted molar refractivity (Wildman–Crippen MR) is 240 cm³/mol. The molecule has 0 aliphatic carbocycles. The molecule has 0 aromatic rings. The number of aliphatic hydroxyl groups is 8. The molecular weight excluding hydrogens is 799 g/mol. The maximum absolute atomic E-state index is 13.1. The van der Waals surface area contributed by atoms with Gasteiger partial charge in [-0.05, 0) is 12.8 Å². The number of carbonyl (C=O) groups is 1. The molecule has 2 aliphatic rings. The lowest BCUT2D eigenvalue weighted by molar-refractivity contribution is -0.359. The average molecular weight is 892 g/mol. The van der Waals surface area contributed by atoms with E-state index in [9.17, 15) is 45.6 Å². The van der Waals surface area contributed by atoms with Crippen LogP contribution in [0.4, 0.5) is 0 Å². The van der Waals surface area contributed by atoms with E-state index < -0.39 is 86.8 Å². The number of ether oxygens (including phenoxy) is 4. The van der Waals surface area contributed by atoms with Gasteiger partial charge in [-0.2, -0.15) is 0 Å². The topological polar surface area (TPSA) is 228 Å². The Bertz CT molecular complexity index is 1060. The zero-order valence-corrected chi connectivity index (χ0v) is 38.9. The van der Waals surface area contributed by atoms with Gasteiger partial charge in [0.1, 0.15) is 48.8 Å². The zero-order chi connectivity index (χ0) is 45.4. The summed E-state index contributed by atoms with van der Waals surface area (Å²) in [5.41, 5.74) is 0. The molecule has 0 spiro atoms. The Labute approximate surface area is 374 Å². The Balaban J connectivity index is 1.83. The molecule has 2 heterocycles. The van der Waals surface area contributed by atoms with Crippen LogP contribution in [0.1, 0.15) is 206 Å². The summed E-state index contributed by atoms with van der Waals surface area (Å²) in [7, 11) is 0. The van der Waals surface area contributed by atoms with Crippen molar-refractivity contribution in [2.75, 3.05) is 19.8 Å². The first-order chi connectivity index (χ1) is 30.1. The number of nitrogens with one attached hydrogen (secondary N) is 1. The van der Waals surface area contributed by atoms with Crippen LogP contribution in [0.3, 0.4) is 0 Å². The maximum Gasteiger partial charge on any atom is 0.220 e. The fraction of sp³-hybridized carbons (Fsp3) is 0.979. The first-order valence-corrected chi connectivity index (χ1v) is 25.3. The van der Waals surface area contributed by atoms with Gasteiger partial charge in [0.25, 0.3) is 0 Å². The van der Waals surface area contributed by atoms with E-state index in [4.69, 9.17) is 18.9 Å². The molecule has 0 radical (unpaired) electrons. The monoisotopic (exact) mass is 892 g/mol. The van der Waals surface area contributed by atoms with Gasteiger partial charge in [-0.3, -0.25) is 4.79 Å². The van der Waals surface area contributed by atoms with Gasteiger partial charge in [0, 0.05) is 6.42 Å². The van der Waals surface area contributed by atoms with Gasteiger partial charge in [-0.1, -0.05) is 187 Å². The summed E-state index contributed by atoms with van der Waals surface area (Å²) in [5.74, 6) is -0.205. The molecule has 368 valence electrons. The smallest absolute Gasteiger partial charge is 0.220 e. The molecule has 0 saturated carbocycles. The van der Waals surface area contributed by atoms with Gasteiger partial charge >= 0.3 is 0 Å². The van der Waals surface area contributed by atoms with E-state index in [1.807, 2.05) is 0 Å². The summed E-state index contributed by atoms with van der Waals surface area (Å²) in [6, 6.07) is -0.820. The molecule has 0 bridgehead atoms. The lowest BCUT2D eigenvalue weighted by Crippen LogP contribution is -2.65. The summed E-state index contributed by atoms with van der Waals surface area (Å²) in [4.78, 5) is 13.1. The molecule has 0 aromatic heterocycles. The predicted octanol–water partition coefficient (Wildman–Crippen LogP) is 6.22. The first kappa shape index (κ1) is 57.1. The molecule has 14 heteroatoms. The summed E-state index contributed by atoms with van der Waals surface area (Å²) in [6.07, 6.45) is 18.2. The Morgan fingerprint density at radius 2 is 0.919 bits per heavy atom. The van der Waals surface area contributed by atoms with Crippen LogP contribution in [0.5, 0.6) is 0 Å². The third-order valence-electron chi connectivity index (χ3n) is 12.8. The lowest BCUT2D eigenvalue weighted by atomic mass is 9.97. The van der Waals surface area contributed by atoms with Crippen LogP contribution < -0.4 is 5.32 Å². The third kappa shape index (κ3) is 23.4. The number of amides is 1. The molecular formula is C48H93NO13. The number of unbranched alkanes of at least 4 members (excludes halogenated alkanes) is 26. The molecule has 2 aliphatic heterocycles. The highest BCUT2D eigenvalue weighted by atomic mass is 16.7. The highest BCUT2D eigenvalue weighted by Crippen LogP contribution is 2.30. The van der Waals surface area contributed by atoms with Crippen molar-refractivity contribution in [1.29, 1.82) is 0 Å². The van der Waals surface area contributed by atoms with E-state index in [-0.39, 0.29) is 12.5 Å². The van der Waals surface area contributed by atoms with Gasteiger partial charge in [-0.25, -0.2) is 0 Å². The number of rotatable bonds is 39. The molecule has 62 heavy (non-hydrogen) atoms. The van der Waals surface area contributed by atoms with E-state index >= 15 is 0 Å². The number of hydrogen-bond acceptors (Lipinski definition) is 13. The van der Waals surface area contributed by atoms with Crippen LogP contribution >= 0.6 is 0 Å². The standard InChI is InChI=1S/C48H93NO13/c1-3-5-7-9-11-13-15-17-18-19-20-21-23-25-27-29-31-37(52)36(49-40(53)32-30-28-26-24-22-16-14-12-10-8-6-4-2)35-59-47-45(58)43(56)46(39(34-51)61-47)62-48-44(57)42(55)41(54)38(33-50)60-48/h36-39,41-48,50-52,54-58H,3-35H2,1-2H3,(H,49,53)/t36-,37+,38+,39+,41-,42?,43?,44?,45?,46+,47+,48-/m0/s1. The third-order valence-corrected chi connectivity index (χ3v) is 12.8. The lowest BCUT2D eigenvalue weighted by Gasteiger charge is -2.46. The summed E-state index contributed by atoms with van der Waals surface area (Å²) in [5, 5.41) is 86.8. The molecule has 0 aromatic carbocycles. The average Bonchev–Trinajstić information content (AvgIpc) is 3.27. The van der Waals surface area contributed by atoms with Crippen molar-refractivity contribution in [3.05, 3.63) is 0 Å². The molecule has 4 unspecified atom stereocenters. The molecule has 14 nitrogen and oxygen atoms in total. The van der Waals surface area contributed by atoms with E-state index in [1.54, 1.807) is 0 Å². The zero-order valence-electron chi connectivity index (χ0n) is 38.9. The van der Waals surface area contributed by atoms with Crippen molar-refractivity contribution in [3.8, 4) is 0 Å². The van der Waals surface area contributed by atoms with Gasteiger partial charge in [0.05, 0.1) is 32.0 Å². The number of aliphatic hydroxyl groups excluding tert-OH is 8. The van der Waals surface area contributed by atoms with Crippen molar-refractivity contribution in [2.45, 2.75) is 280 Å². The minimum atomic E-state index is -1.78. The van der Waals surface area contributed by atoms with E-state index in [2.05, 4.69) is 19.2 Å². The molecule has 9 N–H and O–H groups in total. The number of hydrogen-bond donors (Lipinski definition) is 9. The van der Waals surface area contributed by atoms with Crippen molar-refractivity contribution >= 4 is 5.91 Å². The Morgan fingerprint density at radius 3 is 1.37 bits per heavy atom. The molecule has 2 fully saturated rings. The van der Waals surface area contributed by atoms with Crippen molar-refractivity contribution in [1.82, 2.24) is 5.32 Å². The van der Waals surface area contributed by atoms with E-state index in [0.29, 0.717) is 12.8 Å². The largest absolute Gasteiger partial charge is 0.394 e. The van der Waals surface area contributed by atoms with Crippen LogP contribution in [-0.4, -0.2) is 140 Å². The SMILES string of the molecule is CCCCCCCCCCCCCCCCCC[C@@H](O)[C@H](CO[C@@H]1O[C@H](CO)[C@@H](O[C@@H]2O[C@H](CO)[C@H](O)C(O)C2O)C(O)C1O)NC(=O)CCCCCCCCCCCCCC. The van der Waals surface area contributed by atoms with Crippen LogP contribution in [-0.2, 0) is 23.7 Å². The summed E-state index contributed by atoms with van der Waals surface area (Å²) in [6.45, 7) is 2.85. The van der Waals surface area contributed by atoms with Gasteiger partial charge < -0.3 is 65.1 Å². The Morgan fingerprint density at radius 1 is 0.516 bits per heavy atom. The molecule has 12 atom stereocenters. The second-order valence-electron chi connectivity index (χ2n) is 18.3. The van der Waals surface area contributed by atoms with Crippen molar-refractivity contribution < 1.29 is 64.6 Å². The minimum Gasteiger partial charge on any atom is -0.394 e. The Kier molecular flexibility index (Phi) is 33.3. The number of carbonyl (C=O) groups excluding carboxylic acids is 1. The summed E-state index contributed by atoms with van der Waals surface area (Å²) < 4.78 is 22.7. The van der Waals surface area contributed by atoms with Gasteiger partial charge in [-0.15, -0.1) is 0 Å². The van der Waals surface area contributed by atoms with Crippen LogP contribution in [0.25, 0.3) is 0 Å². The van der Waals surface area contributed by atoms with Gasteiger partial charge in [0.2, 0.25) is 5.91 Å². The van der Waals surface area contributed by atoms with Crippen molar-refractivity contribution in [3.63, 3.8) is 0 Å². The van der Waals surface area contributed by atoms with Crippen LogP contribution in [0.15, 0.2) is 0 Å². The Hall–Kier alpha value is -1.01. The normalized spacial score (nSPS) is 27.6. The maximum atomic E-state index is 13.1. The summed E-state index contributed by atoms with van der Waals surface area (Å²) >= 11 is 0. The van der Waals surface area contributed by atoms with Crippen LogP contribution in [0.2, 0.25) is 0 Å². The second kappa shape index (κ2) is 36.2. The van der Waals surface area contributed by atoms with E-state index in [1.165, 1.54) is 128 Å².